The van der Waals surface area contributed by atoms with Crippen molar-refractivity contribution in [1.29, 1.82) is 0 Å². The van der Waals surface area contributed by atoms with Gasteiger partial charge in [-0.2, -0.15) is 0 Å². The van der Waals surface area contributed by atoms with Gasteiger partial charge in [0.25, 0.3) is 21.8 Å². The third-order valence-electron chi connectivity index (χ3n) is 6.80. The number of carbonyl (C=O) groups excluding carboxylic acids is 5. The minimum atomic E-state index is -4.25. The molecule has 228 valence electrons. The zero-order valence-corrected chi connectivity index (χ0v) is 28.4. The van der Waals surface area contributed by atoms with Crippen LogP contribution < -0.4 is 44.7 Å². The van der Waals surface area contributed by atoms with Crippen molar-refractivity contribution in [2.75, 3.05) is 12.4 Å². The second kappa shape index (κ2) is 14.3. The van der Waals surface area contributed by atoms with Crippen molar-refractivity contribution in [1.82, 2.24) is 14.9 Å². The number of β-lactam (4-membered cyclic amide) rings is 1. The van der Waals surface area contributed by atoms with Crippen LogP contribution in [0.5, 0.6) is 0 Å². The van der Waals surface area contributed by atoms with Gasteiger partial charge in [0.05, 0.1) is 34.1 Å². The third kappa shape index (κ3) is 7.51. The summed E-state index contributed by atoms with van der Waals surface area (Å²) in [6, 6.07) is 13.9. The number of benzene rings is 2. The van der Waals surface area contributed by atoms with Crippen LogP contribution in [0.25, 0.3) is 0 Å². The predicted octanol–water partition coefficient (Wildman–Crippen LogP) is -2.02. The second-order valence-electron chi connectivity index (χ2n) is 9.82. The molecule has 45 heavy (non-hydrogen) atoms. The van der Waals surface area contributed by atoms with E-state index in [-0.39, 0.29) is 69.2 Å². The monoisotopic (exact) mass is 677 g/mol. The van der Waals surface area contributed by atoms with Crippen molar-refractivity contribution in [3.63, 3.8) is 0 Å². The number of rotatable bonds is 10. The van der Waals surface area contributed by atoms with Crippen molar-refractivity contribution in [3.05, 3.63) is 98.9 Å². The van der Waals surface area contributed by atoms with E-state index < -0.39 is 57.5 Å². The van der Waals surface area contributed by atoms with Gasteiger partial charge in [0.2, 0.25) is 5.91 Å². The van der Waals surface area contributed by atoms with E-state index in [4.69, 9.17) is 4.74 Å². The summed E-state index contributed by atoms with van der Waals surface area (Å²) in [6.45, 7) is 1.23. The minimum Gasteiger partial charge on any atom is -0.543 e. The Labute approximate surface area is 288 Å². The number of thioether (sulfide) groups is 1. The number of hydrogen-bond donors (Lipinski definition) is 2. The van der Waals surface area contributed by atoms with Crippen LogP contribution in [-0.4, -0.2) is 66.8 Å². The van der Waals surface area contributed by atoms with Gasteiger partial charge in [-0.3, -0.25) is 19.3 Å². The van der Waals surface area contributed by atoms with Gasteiger partial charge >= 0.3 is 35.5 Å². The molecular weight excluding hydrogens is 654 g/mol. The molecule has 3 heterocycles. The summed E-state index contributed by atoms with van der Waals surface area (Å²) in [7, 11) is -4.25. The number of fused-ring (bicyclic) bond motifs is 1. The summed E-state index contributed by atoms with van der Waals surface area (Å²) < 4.78 is 32.7. The fourth-order valence-corrected chi connectivity index (χ4v) is 7.62. The summed E-state index contributed by atoms with van der Waals surface area (Å²) in [5, 5.41) is 15.9. The third-order valence-corrected chi connectivity index (χ3v) is 10.4. The van der Waals surface area contributed by atoms with Crippen molar-refractivity contribution in [2.24, 2.45) is 0 Å². The van der Waals surface area contributed by atoms with E-state index in [1.165, 1.54) is 59.5 Å². The fourth-order valence-electron chi connectivity index (χ4n) is 4.62. The summed E-state index contributed by atoms with van der Waals surface area (Å²) in [6.07, 6.45) is 0.0839. The van der Waals surface area contributed by atoms with Crippen LogP contribution in [0.1, 0.15) is 31.2 Å². The molecule has 0 unspecified atom stereocenters. The van der Waals surface area contributed by atoms with E-state index in [1.807, 2.05) is 10.1 Å². The average molecular weight is 678 g/mol. The van der Waals surface area contributed by atoms with E-state index in [1.54, 1.807) is 31.2 Å². The van der Waals surface area contributed by atoms with Gasteiger partial charge in [-0.15, -0.1) is 23.1 Å². The van der Waals surface area contributed by atoms with Gasteiger partial charge in [-0.1, -0.05) is 35.9 Å². The van der Waals surface area contributed by atoms with Crippen molar-refractivity contribution in [2.45, 2.75) is 29.7 Å². The number of aryl methyl sites for hydroxylation is 1. The Hall–Kier alpha value is -3.47. The molecule has 0 spiro atoms. The summed E-state index contributed by atoms with van der Waals surface area (Å²) in [5.74, 6) is -4.70. The molecule has 1 aromatic heterocycles. The Kier molecular flexibility index (Phi) is 10.9. The maximum Gasteiger partial charge on any atom is 1.00 e. The van der Waals surface area contributed by atoms with Crippen LogP contribution in [0.4, 0.5) is 0 Å². The minimum absolute atomic E-state index is 0. The molecule has 2 N–H and O–H groups in total. The van der Waals surface area contributed by atoms with Gasteiger partial charge in [0.15, 0.2) is 0 Å². The van der Waals surface area contributed by atoms with Gasteiger partial charge in [0, 0.05) is 16.2 Å². The Morgan fingerprint density at radius 2 is 1.71 bits per heavy atom. The van der Waals surface area contributed by atoms with Crippen LogP contribution in [-0.2, 0) is 35.6 Å². The Morgan fingerprint density at radius 1 is 1.02 bits per heavy atom. The molecular formula is C29H24N3NaO9S3. The summed E-state index contributed by atoms with van der Waals surface area (Å²) in [5.41, 5.74) is -0.0816. The number of ether oxygens (including phenoxy) is 1. The zero-order chi connectivity index (χ0) is 31.6. The predicted molar refractivity (Wildman–Crippen MR) is 158 cm³/mol. The number of nitrogens with zero attached hydrogens (tertiary/aromatic N) is 1. The molecule has 2 atom stereocenters. The molecule has 0 radical (unpaired) electrons. The molecule has 3 aromatic rings. The molecule has 2 aliphatic heterocycles. The fraction of sp³-hybridized carbons (Fsp3) is 0.207. The first-order valence-electron chi connectivity index (χ1n) is 13.1. The molecule has 16 heteroatoms. The number of hydrogen-bond acceptors (Lipinski definition) is 11. The van der Waals surface area contributed by atoms with Crippen LogP contribution in [0.2, 0.25) is 0 Å². The molecule has 1 fully saturated rings. The van der Waals surface area contributed by atoms with Crippen LogP contribution in [0.3, 0.4) is 0 Å². The summed E-state index contributed by atoms with van der Waals surface area (Å²) in [4.78, 5) is 65.0. The maximum atomic E-state index is 13.0. The SMILES string of the molecule is Cc1ccc(S(=O)(=O)NC(=O)c2ccccc2C(=O)OCC2=C(C(=O)[O-])N3C(=O)[C@@H](NC(=O)Cc4cccs4)[C@@H]3SC2)cc1.[Na+]. The molecule has 5 rings (SSSR count). The van der Waals surface area contributed by atoms with Gasteiger partial charge in [0.1, 0.15) is 18.0 Å². The molecule has 12 nitrogen and oxygen atoms in total. The van der Waals surface area contributed by atoms with E-state index in [9.17, 15) is 37.5 Å². The van der Waals surface area contributed by atoms with E-state index >= 15 is 0 Å². The van der Waals surface area contributed by atoms with Crippen LogP contribution in [0, 0.1) is 6.92 Å². The van der Waals surface area contributed by atoms with Crippen LogP contribution >= 0.6 is 23.1 Å². The maximum absolute atomic E-state index is 13.0. The van der Waals surface area contributed by atoms with E-state index in [0.29, 0.717) is 0 Å². The topological polar surface area (TPSA) is 179 Å². The Balaban J connectivity index is 0.00000461. The van der Waals surface area contributed by atoms with E-state index in [2.05, 4.69) is 5.32 Å². The van der Waals surface area contributed by atoms with Crippen molar-refractivity contribution in [3.8, 4) is 0 Å². The summed E-state index contributed by atoms with van der Waals surface area (Å²) >= 11 is 2.58. The molecule has 1 saturated heterocycles. The number of aliphatic carboxylic acids is 1. The molecule has 0 bridgehead atoms. The molecule has 2 aromatic carbocycles. The van der Waals surface area contributed by atoms with E-state index in [0.717, 1.165) is 15.3 Å². The van der Waals surface area contributed by atoms with Gasteiger partial charge < -0.3 is 20.0 Å². The van der Waals surface area contributed by atoms with Crippen molar-refractivity contribution >= 4 is 62.8 Å². The number of carboxylic acids is 1. The van der Waals surface area contributed by atoms with Crippen LogP contribution in [0.15, 0.2) is 82.2 Å². The number of amides is 3. The number of esters is 1. The first kappa shape index (κ1) is 34.4. The first-order valence-corrected chi connectivity index (χ1v) is 16.5. The molecule has 0 saturated carbocycles. The molecule has 0 aliphatic carbocycles. The quantitative estimate of drug-likeness (QED) is 0.138. The smallest absolute Gasteiger partial charge is 0.543 e. The number of sulfonamides is 1. The van der Waals surface area contributed by atoms with Gasteiger partial charge in [-0.05, 0) is 42.6 Å². The number of nitrogens with one attached hydrogen (secondary N) is 2. The number of carbonyl (C=O) groups is 5. The molecule has 3 amide bonds. The van der Waals surface area contributed by atoms with Gasteiger partial charge in [-0.25, -0.2) is 17.9 Å². The Morgan fingerprint density at radius 3 is 2.36 bits per heavy atom. The normalized spacial score (nSPS) is 17.4. The average Bonchev–Trinajstić information content (AvgIpc) is 3.51. The largest absolute Gasteiger partial charge is 1.00 e. The molecule has 2 aliphatic rings. The standard InChI is InChI=1S/C29H25N3O9S3.Na/c1-16-8-10-19(11-9-16)44(39,40)31-25(34)20-6-2-3-7-21(20)29(38)41-14-17-15-43-27-23(26(35)32(27)24(17)28(36)37)30-22(33)13-18-5-4-12-42-18;/h2-12,23,27H,13-15H2,1H3,(H,30,33)(H,31,34)(H,36,37);/q;+1/p-1/t23-,27+;/m1./s1. The second-order valence-corrected chi connectivity index (χ2v) is 13.6. The van der Waals surface area contributed by atoms with Crippen molar-refractivity contribution < 1.29 is 71.8 Å². The zero-order valence-electron chi connectivity index (χ0n) is 24.0. The number of carboxylic acid groups (broad SMARTS) is 1. The Bertz CT molecular complexity index is 1790. The first-order chi connectivity index (χ1) is 21.0. The number of thiophene rings is 1.